The number of anilines is 3. The number of benzene rings is 3. The summed E-state index contributed by atoms with van der Waals surface area (Å²) in [6.45, 7) is 0.368. The van der Waals surface area contributed by atoms with Crippen molar-refractivity contribution in [3.05, 3.63) is 81.6 Å². The second-order valence-electron chi connectivity index (χ2n) is 7.85. The van der Waals surface area contributed by atoms with E-state index in [4.69, 9.17) is 27.9 Å². The molecule has 1 heterocycles. The lowest BCUT2D eigenvalue weighted by Gasteiger charge is -2.37. The van der Waals surface area contributed by atoms with Gasteiger partial charge in [0.05, 0.1) is 5.02 Å². The molecule has 36 heavy (non-hydrogen) atoms. The predicted molar refractivity (Wildman–Crippen MR) is 128 cm³/mol. The van der Waals surface area contributed by atoms with Gasteiger partial charge in [-0.15, -0.1) is 0 Å². The second-order valence-corrected chi connectivity index (χ2v) is 8.69. The molecular formula is C24H18Cl2F5N3O2. The van der Waals surface area contributed by atoms with E-state index in [1.807, 2.05) is 4.90 Å². The molecular weight excluding hydrogens is 528 g/mol. The summed E-state index contributed by atoms with van der Waals surface area (Å²) in [5.74, 6) is -9.90. The molecule has 0 atom stereocenters. The Hall–Kier alpha value is -3.24. The number of nitrogens with one attached hydrogen (secondary N) is 1. The number of hydrogen-bond acceptors (Lipinski definition) is 4. The van der Waals surface area contributed by atoms with Crippen molar-refractivity contribution in [1.29, 1.82) is 0 Å². The Morgan fingerprint density at radius 2 is 1.36 bits per heavy atom. The Kier molecular flexibility index (Phi) is 7.75. The Morgan fingerprint density at radius 1 is 0.806 bits per heavy atom. The molecule has 1 saturated heterocycles. The van der Waals surface area contributed by atoms with Crippen molar-refractivity contribution in [2.75, 3.05) is 47.9 Å². The molecule has 5 nitrogen and oxygen atoms in total. The third kappa shape index (κ3) is 5.44. The molecule has 3 aromatic carbocycles. The molecule has 4 rings (SSSR count). The van der Waals surface area contributed by atoms with Gasteiger partial charge >= 0.3 is 0 Å². The third-order valence-electron chi connectivity index (χ3n) is 5.55. The van der Waals surface area contributed by atoms with Crippen LogP contribution in [0.15, 0.2) is 42.5 Å². The highest BCUT2D eigenvalue weighted by Crippen LogP contribution is 2.32. The first-order valence-electron chi connectivity index (χ1n) is 10.6. The number of carbonyl (C=O) groups excluding carboxylic acids is 1. The van der Waals surface area contributed by atoms with Crippen LogP contribution >= 0.6 is 23.2 Å². The maximum Gasteiger partial charge on any atom is 0.262 e. The number of amides is 1. The molecule has 1 amide bonds. The maximum absolute atomic E-state index is 14.1. The zero-order valence-corrected chi connectivity index (χ0v) is 19.9. The summed E-state index contributed by atoms with van der Waals surface area (Å²) in [7, 11) is 0. The number of hydrogen-bond donors (Lipinski definition) is 1. The number of piperazine rings is 1. The van der Waals surface area contributed by atoms with Gasteiger partial charge < -0.3 is 19.9 Å². The number of nitrogens with zero attached hydrogens (tertiary/aromatic N) is 2. The molecule has 1 fully saturated rings. The van der Waals surface area contributed by atoms with E-state index in [1.165, 1.54) is 6.07 Å². The molecule has 0 saturated carbocycles. The zero-order chi connectivity index (χ0) is 26.0. The van der Waals surface area contributed by atoms with Gasteiger partial charge in [0.25, 0.3) is 5.91 Å². The molecule has 0 radical (unpaired) electrons. The van der Waals surface area contributed by atoms with Gasteiger partial charge in [-0.2, -0.15) is 0 Å². The molecule has 1 N–H and O–H groups in total. The maximum atomic E-state index is 14.1. The first-order chi connectivity index (χ1) is 17.2. The van der Waals surface area contributed by atoms with Crippen LogP contribution in [0.4, 0.5) is 39.0 Å². The minimum Gasteiger partial charge on any atom is -0.482 e. The van der Waals surface area contributed by atoms with Crippen LogP contribution < -0.4 is 19.9 Å². The predicted octanol–water partition coefficient (Wildman–Crippen LogP) is 6.03. The molecule has 12 heteroatoms. The second kappa shape index (κ2) is 10.8. The summed E-state index contributed by atoms with van der Waals surface area (Å²) in [5.41, 5.74) is 0.343. The van der Waals surface area contributed by atoms with E-state index >= 15 is 0 Å². The topological polar surface area (TPSA) is 44.8 Å². The molecule has 1 aliphatic heterocycles. The number of rotatable bonds is 6. The van der Waals surface area contributed by atoms with Crippen LogP contribution in [-0.4, -0.2) is 38.7 Å². The molecule has 0 aliphatic carbocycles. The summed E-state index contributed by atoms with van der Waals surface area (Å²) < 4.78 is 74.0. The van der Waals surface area contributed by atoms with Gasteiger partial charge in [-0.25, -0.2) is 22.0 Å². The van der Waals surface area contributed by atoms with Crippen molar-refractivity contribution in [3.63, 3.8) is 0 Å². The summed E-state index contributed by atoms with van der Waals surface area (Å²) >= 11 is 11.8. The third-order valence-corrected chi connectivity index (χ3v) is 6.08. The first kappa shape index (κ1) is 25.8. The fourth-order valence-corrected chi connectivity index (χ4v) is 4.21. The highest BCUT2D eigenvalue weighted by atomic mass is 35.5. The normalized spacial score (nSPS) is 13.6. The number of carbonyl (C=O) groups is 1. The van der Waals surface area contributed by atoms with E-state index in [9.17, 15) is 26.7 Å². The molecule has 0 unspecified atom stereocenters. The smallest absolute Gasteiger partial charge is 0.262 e. The van der Waals surface area contributed by atoms with E-state index in [1.54, 1.807) is 36.4 Å². The van der Waals surface area contributed by atoms with Crippen LogP contribution in [0.1, 0.15) is 0 Å². The zero-order valence-electron chi connectivity index (χ0n) is 18.4. The fraction of sp³-hybridized carbons (Fsp3) is 0.208. The SMILES string of the molecule is O=C(COc1ccc(Cl)cc1Cl)Nc1ccc(N2CCN(c3c(F)c(F)c(F)c(F)c3F)CC2)cc1. The van der Waals surface area contributed by atoms with E-state index in [0.29, 0.717) is 16.5 Å². The van der Waals surface area contributed by atoms with E-state index < -0.39 is 40.7 Å². The average Bonchev–Trinajstić information content (AvgIpc) is 2.87. The summed E-state index contributed by atoms with van der Waals surface area (Å²) in [6, 6.07) is 11.4. The van der Waals surface area contributed by atoms with E-state index in [-0.39, 0.29) is 37.8 Å². The summed E-state index contributed by atoms with van der Waals surface area (Å²) in [6.07, 6.45) is 0. The van der Waals surface area contributed by atoms with E-state index in [0.717, 1.165) is 10.6 Å². The Balaban J connectivity index is 1.33. The van der Waals surface area contributed by atoms with Gasteiger partial charge in [-0.1, -0.05) is 23.2 Å². The largest absolute Gasteiger partial charge is 0.482 e. The van der Waals surface area contributed by atoms with Crippen molar-refractivity contribution in [2.24, 2.45) is 0 Å². The molecule has 0 bridgehead atoms. The molecule has 190 valence electrons. The monoisotopic (exact) mass is 545 g/mol. The Bertz CT molecular complexity index is 1260. The molecule has 0 spiro atoms. The first-order valence-corrected chi connectivity index (χ1v) is 11.4. The van der Waals surface area contributed by atoms with Gasteiger partial charge in [-0.05, 0) is 42.5 Å². The van der Waals surface area contributed by atoms with Crippen molar-refractivity contribution in [1.82, 2.24) is 0 Å². The molecule has 0 aromatic heterocycles. The van der Waals surface area contributed by atoms with Crippen LogP contribution in [0.5, 0.6) is 5.75 Å². The van der Waals surface area contributed by atoms with Gasteiger partial charge in [0.15, 0.2) is 29.9 Å². The van der Waals surface area contributed by atoms with Crippen LogP contribution in [0.2, 0.25) is 10.0 Å². The van der Waals surface area contributed by atoms with Crippen LogP contribution in [0.25, 0.3) is 0 Å². The highest BCUT2D eigenvalue weighted by Gasteiger charge is 2.30. The number of halogens is 7. The average molecular weight is 546 g/mol. The highest BCUT2D eigenvalue weighted by molar-refractivity contribution is 6.35. The van der Waals surface area contributed by atoms with Gasteiger partial charge in [0.1, 0.15) is 11.4 Å². The van der Waals surface area contributed by atoms with Crippen LogP contribution in [-0.2, 0) is 4.79 Å². The molecule has 1 aliphatic rings. The standard InChI is InChI=1S/C24H18Cl2F5N3O2/c25-13-1-6-17(16(26)11-13)36-12-18(35)32-14-2-4-15(5-3-14)33-7-9-34(10-8-33)24-22(30)20(28)19(27)21(29)23(24)31/h1-6,11H,7-10,12H2,(H,32,35). The minimum atomic E-state index is -2.18. The van der Waals surface area contributed by atoms with Gasteiger partial charge in [0.2, 0.25) is 5.82 Å². The summed E-state index contributed by atoms with van der Waals surface area (Å²) in [5, 5.41) is 3.40. The Morgan fingerprint density at radius 3 is 1.94 bits per heavy atom. The van der Waals surface area contributed by atoms with E-state index in [2.05, 4.69) is 5.32 Å². The molecule has 3 aromatic rings. The minimum absolute atomic E-state index is 0.0431. The summed E-state index contributed by atoms with van der Waals surface area (Å²) in [4.78, 5) is 15.2. The van der Waals surface area contributed by atoms with Crippen molar-refractivity contribution < 1.29 is 31.5 Å². The van der Waals surface area contributed by atoms with Crippen LogP contribution in [0, 0.1) is 29.1 Å². The van der Waals surface area contributed by atoms with Crippen molar-refractivity contribution in [3.8, 4) is 5.75 Å². The fourth-order valence-electron chi connectivity index (χ4n) is 3.75. The quantitative estimate of drug-likeness (QED) is 0.233. The number of ether oxygens (including phenoxy) is 1. The lowest BCUT2D eigenvalue weighted by atomic mass is 10.2. The lowest BCUT2D eigenvalue weighted by Crippen LogP contribution is -2.47. The van der Waals surface area contributed by atoms with Gasteiger partial charge in [-0.3, -0.25) is 4.79 Å². The lowest BCUT2D eigenvalue weighted by molar-refractivity contribution is -0.118. The Labute approximate surface area is 213 Å². The van der Waals surface area contributed by atoms with Gasteiger partial charge in [0, 0.05) is 42.6 Å². The van der Waals surface area contributed by atoms with Crippen LogP contribution in [0.3, 0.4) is 0 Å². The van der Waals surface area contributed by atoms with Crippen molar-refractivity contribution in [2.45, 2.75) is 0 Å². The van der Waals surface area contributed by atoms with Crippen molar-refractivity contribution >= 4 is 46.2 Å².